The zero-order valence-electron chi connectivity index (χ0n) is 11.8. The molecular weight excluding hydrogens is 316 g/mol. The van der Waals surface area contributed by atoms with E-state index in [2.05, 4.69) is 20.3 Å². The first-order chi connectivity index (χ1) is 11.2. The minimum atomic E-state index is -0.396. The second-order valence-corrected chi connectivity index (χ2v) is 4.80. The number of carbonyl (C=O) groups is 1. The van der Waals surface area contributed by atoms with E-state index in [1.165, 1.54) is 6.20 Å². The minimum Gasteiger partial charge on any atom is -0.437 e. The van der Waals surface area contributed by atoms with Gasteiger partial charge in [0.2, 0.25) is 5.88 Å². The number of rotatable bonds is 4. The summed E-state index contributed by atoms with van der Waals surface area (Å²) in [5, 5.41) is 2.89. The van der Waals surface area contributed by atoms with E-state index in [-0.39, 0.29) is 16.6 Å². The second kappa shape index (κ2) is 6.85. The largest absolute Gasteiger partial charge is 0.437 e. The minimum absolute atomic E-state index is 0.179. The summed E-state index contributed by atoms with van der Waals surface area (Å²) in [7, 11) is 0. The molecule has 1 N–H and O–H groups in total. The summed E-state index contributed by atoms with van der Waals surface area (Å²) in [6, 6.07) is 10.0. The van der Waals surface area contributed by atoms with Crippen LogP contribution in [0.1, 0.15) is 10.4 Å². The Labute approximate surface area is 137 Å². The van der Waals surface area contributed by atoms with Gasteiger partial charge in [-0.05, 0) is 36.4 Å². The van der Waals surface area contributed by atoms with E-state index >= 15 is 0 Å². The smallest absolute Gasteiger partial charge is 0.261 e. The normalized spacial score (nSPS) is 10.1. The lowest BCUT2D eigenvalue weighted by Gasteiger charge is -2.10. The van der Waals surface area contributed by atoms with Crippen LogP contribution in [-0.4, -0.2) is 20.9 Å². The van der Waals surface area contributed by atoms with Crippen LogP contribution < -0.4 is 10.1 Å². The molecule has 7 heteroatoms. The van der Waals surface area contributed by atoms with Gasteiger partial charge in [0.05, 0.1) is 11.9 Å². The summed E-state index contributed by atoms with van der Waals surface area (Å²) in [4.78, 5) is 24.4. The molecule has 0 unspecified atom stereocenters. The van der Waals surface area contributed by atoms with Gasteiger partial charge in [0.15, 0.2) is 5.15 Å². The lowest BCUT2D eigenvalue weighted by Crippen LogP contribution is -2.14. The average Bonchev–Trinajstić information content (AvgIpc) is 2.58. The summed E-state index contributed by atoms with van der Waals surface area (Å²) in [6.07, 6.45) is 6.25. The highest BCUT2D eigenvalue weighted by molar-refractivity contribution is 6.32. The molecule has 1 amide bonds. The summed E-state index contributed by atoms with van der Waals surface area (Å²) in [5.41, 5.74) is 0.687. The molecule has 0 aromatic carbocycles. The molecule has 114 valence electrons. The highest BCUT2D eigenvalue weighted by Crippen LogP contribution is 2.24. The summed E-state index contributed by atoms with van der Waals surface area (Å²) in [5.74, 6) is 0.268. The Kier molecular flexibility index (Phi) is 4.44. The third-order valence-corrected chi connectivity index (χ3v) is 3.17. The van der Waals surface area contributed by atoms with Gasteiger partial charge >= 0.3 is 0 Å². The quantitative estimate of drug-likeness (QED) is 0.742. The van der Waals surface area contributed by atoms with Crippen molar-refractivity contribution < 1.29 is 9.53 Å². The fourth-order valence-corrected chi connectivity index (χ4v) is 2.00. The number of hydrogen-bond acceptors (Lipinski definition) is 5. The number of halogens is 1. The van der Waals surface area contributed by atoms with E-state index in [0.717, 1.165) is 0 Å². The van der Waals surface area contributed by atoms with Crippen LogP contribution in [0.2, 0.25) is 5.15 Å². The SMILES string of the molecule is O=C(Nc1cccnc1Cl)c1cccnc1Oc1cccnc1. The molecule has 0 bridgehead atoms. The Morgan fingerprint density at radius 1 is 1.04 bits per heavy atom. The number of hydrogen-bond donors (Lipinski definition) is 1. The monoisotopic (exact) mass is 326 g/mol. The summed E-state index contributed by atoms with van der Waals surface area (Å²) < 4.78 is 5.62. The zero-order chi connectivity index (χ0) is 16.1. The van der Waals surface area contributed by atoms with Crippen LogP contribution in [0.3, 0.4) is 0 Å². The molecular formula is C16H11ClN4O2. The van der Waals surface area contributed by atoms with Gasteiger partial charge in [-0.2, -0.15) is 0 Å². The number of aromatic nitrogens is 3. The van der Waals surface area contributed by atoms with Gasteiger partial charge in [0, 0.05) is 18.6 Å². The zero-order valence-corrected chi connectivity index (χ0v) is 12.6. The van der Waals surface area contributed by atoms with Gasteiger partial charge in [-0.1, -0.05) is 11.6 Å². The van der Waals surface area contributed by atoms with E-state index in [9.17, 15) is 4.79 Å². The van der Waals surface area contributed by atoms with Crippen LogP contribution >= 0.6 is 11.6 Å². The summed E-state index contributed by atoms with van der Waals surface area (Å²) >= 11 is 5.94. The highest BCUT2D eigenvalue weighted by atomic mass is 35.5. The molecule has 3 rings (SSSR count). The molecule has 0 saturated carbocycles. The topological polar surface area (TPSA) is 77.0 Å². The fourth-order valence-electron chi connectivity index (χ4n) is 1.83. The Morgan fingerprint density at radius 2 is 1.83 bits per heavy atom. The second-order valence-electron chi connectivity index (χ2n) is 4.44. The van der Waals surface area contributed by atoms with E-state index in [1.807, 2.05) is 0 Å². The molecule has 6 nitrogen and oxygen atoms in total. The number of amides is 1. The van der Waals surface area contributed by atoms with Crippen LogP contribution in [-0.2, 0) is 0 Å². The van der Waals surface area contributed by atoms with Crippen molar-refractivity contribution in [3.8, 4) is 11.6 Å². The van der Waals surface area contributed by atoms with Gasteiger partial charge in [-0.25, -0.2) is 9.97 Å². The molecule has 0 saturated heterocycles. The number of nitrogens with zero attached hydrogens (tertiary/aromatic N) is 3. The predicted octanol–water partition coefficient (Wildman–Crippen LogP) is 3.57. The van der Waals surface area contributed by atoms with Crippen molar-refractivity contribution in [2.45, 2.75) is 0 Å². The van der Waals surface area contributed by atoms with Crippen molar-refractivity contribution in [2.75, 3.05) is 5.32 Å². The van der Waals surface area contributed by atoms with Crippen LogP contribution in [0.15, 0.2) is 61.2 Å². The maximum atomic E-state index is 12.4. The van der Waals surface area contributed by atoms with Gasteiger partial charge in [-0.15, -0.1) is 0 Å². The molecule has 3 aromatic rings. The van der Waals surface area contributed by atoms with E-state index < -0.39 is 5.91 Å². The molecule has 0 aliphatic heterocycles. The molecule has 3 heterocycles. The molecule has 3 aromatic heterocycles. The van der Waals surface area contributed by atoms with Crippen molar-refractivity contribution in [3.63, 3.8) is 0 Å². The van der Waals surface area contributed by atoms with E-state index in [0.29, 0.717) is 11.4 Å². The van der Waals surface area contributed by atoms with Crippen molar-refractivity contribution in [2.24, 2.45) is 0 Å². The Balaban J connectivity index is 1.85. The fraction of sp³-hybridized carbons (Fsp3) is 0. The summed E-state index contributed by atoms with van der Waals surface area (Å²) in [6.45, 7) is 0. The maximum Gasteiger partial charge on any atom is 0.261 e. The van der Waals surface area contributed by atoms with Gasteiger partial charge in [-0.3, -0.25) is 9.78 Å². The lowest BCUT2D eigenvalue weighted by atomic mass is 10.2. The molecule has 23 heavy (non-hydrogen) atoms. The van der Waals surface area contributed by atoms with Crippen LogP contribution in [0, 0.1) is 0 Å². The number of carbonyl (C=O) groups excluding carboxylic acids is 1. The number of ether oxygens (including phenoxy) is 1. The van der Waals surface area contributed by atoms with Gasteiger partial charge in [0.1, 0.15) is 11.3 Å². The van der Waals surface area contributed by atoms with Gasteiger partial charge < -0.3 is 10.1 Å². The standard InChI is InChI=1S/C16H11ClN4O2/c17-14-13(6-3-8-19-14)21-15(22)12-5-2-9-20-16(12)23-11-4-1-7-18-10-11/h1-10H,(H,21,22). The highest BCUT2D eigenvalue weighted by Gasteiger charge is 2.15. The predicted molar refractivity (Wildman–Crippen MR) is 85.7 cm³/mol. The Bertz CT molecular complexity index is 827. The Morgan fingerprint density at radius 3 is 2.61 bits per heavy atom. The first-order valence-corrected chi connectivity index (χ1v) is 7.06. The van der Waals surface area contributed by atoms with E-state index in [4.69, 9.17) is 16.3 Å². The number of anilines is 1. The van der Waals surface area contributed by atoms with E-state index in [1.54, 1.807) is 55.0 Å². The third-order valence-electron chi connectivity index (χ3n) is 2.87. The molecule has 0 atom stereocenters. The lowest BCUT2D eigenvalue weighted by molar-refractivity contribution is 0.102. The molecule has 0 fully saturated rings. The molecule has 0 aliphatic carbocycles. The van der Waals surface area contributed by atoms with Gasteiger partial charge in [0.25, 0.3) is 5.91 Å². The third kappa shape index (κ3) is 3.61. The number of pyridine rings is 3. The van der Waals surface area contributed by atoms with Crippen molar-refractivity contribution >= 4 is 23.2 Å². The molecule has 0 spiro atoms. The average molecular weight is 327 g/mol. The van der Waals surface area contributed by atoms with Crippen LogP contribution in [0.5, 0.6) is 11.6 Å². The van der Waals surface area contributed by atoms with Crippen molar-refractivity contribution in [1.82, 2.24) is 15.0 Å². The first kappa shape index (κ1) is 14.9. The first-order valence-electron chi connectivity index (χ1n) is 6.69. The van der Waals surface area contributed by atoms with Crippen LogP contribution in [0.4, 0.5) is 5.69 Å². The molecule has 0 aliphatic rings. The number of nitrogens with one attached hydrogen (secondary N) is 1. The van der Waals surface area contributed by atoms with Crippen molar-refractivity contribution in [3.05, 3.63) is 71.9 Å². The Hall–Kier alpha value is -2.99. The van der Waals surface area contributed by atoms with Crippen molar-refractivity contribution in [1.29, 1.82) is 0 Å². The molecule has 0 radical (unpaired) electrons. The van der Waals surface area contributed by atoms with Crippen LogP contribution in [0.25, 0.3) is 0 Å². The maximum absolute atomic E-state index is 12.4.